The largest absolute Gasteiger partial charge is 0.439 e. The number of pyridine rings is 1. The van der Waals surface area contributed by atoms with Crippen molar-refractivity contribution in [3.05, 3.63) is 51.6 Å². The van der Waals surface area contributed by atoms with E-state index in [-0.39, 0.29) is 11.0 Å². The number of alkyl halides is 3. The van der Waals surface area contributed by atoms with E-state index in [0.717, 1.165) is 12.1 Å². The topological polar surface area (TPSA) is 22.1 Å². The maximum absolute atomic E-state index is 12.7. The maximum atomic E-state index is 12.7. The molecule has 0 fully saturated rings. The summed E-state index contributed by atoms with van der Waals surface area (Å²) in [6.07, 6.45) is -4.52. The minimum Gasteiger partial charge on any atom is -0.439 e. The molecule has 0 N–H and O–H groups in total. The summed E-state index contributed by atoms with van der Waals surface area (Å²) in [4.78, 5) is 3.71. The zero-order chi connectivity index (χ0) is 14.9. The van der Waals surface area contributed by atoms with E-state index in [0.29, 0.717) is 16.3 Å². The molecule has 2 rings (SSSR count). The molecule has 0 aliphatic heterocycles. The van der Waals surface area contributed by atoms with Crippen LogP contribution in [0.15, 0.2) is 30.3 Å². The lowest BCUT2D eigenvalue weighted by atomic mass is 10.2. The van der Waals surface area contributed by atoms with E-state index < -0.39 is 11.7 Å². The SMILES string of the molecule is Cc1ccc(Cl)cc1Oc1cc(C(F)(F)F)cc(Cl)n1. The van der Waals surface area contributed by atoms with Crippen molar-refractivity contribution in [1.29, 1.82) is 0 Å². The zero-order valence-corrected chi connectivity index (χ0v) is 11.6. The van der Waals surface area contributed by atoms with E-state index in [4.69, 9.17) is 27.9 Å². The third-order valence-electron chi connectivity index (χ3n) is 2.46. The van der Waals surface area contributed by atoms with Gasteiger partial charge in [-0.3, -0.25) is 0 Å². The molecule has 0 aliphatic carbocycles. The molecule has 0 radical (unpaired) electrons. The summed E-state index contributed by atoms with van der Waals surface area (Å²) < 4.78 is 43.3. The van der Waals surface area contributed by atoms with Crippen LogP contribution in [0.4, 0.5) is 13.2 Å². The first-order valence-electron chi connectivity index (χ1n) is 5.44. The average molecular weight is 322 g/mol. The molecular formula is C13H8Cl2F3NO. The molecule has 0 saturated heterocycles. The Morgan fingerprint density at radius 1 is 1.10 bits per heavy atom. The van der Waals surface area contributed by atoms with Crippen LogP contribution in [0.5, 0.6) is 11.6 Å². The van der Waals surface area contributed by atoms with Crippen LogP contribution >= 0.6 is 23.2 Å². The fourth-order valence-electron chi connectivity index (χ4n) is 1.49. The van der Waals surface area contributed by atoms with Crippen molar-refractivity contribution in [2.45, 2.75) is 13.1 Å². The third-order valence-corrected chi connectivity index (χ3v) is 2.89. The van der Waals surface area contributed by atoms with Gasteiger partial charge in [0, 0.05) is 11.1 Å². The van der Waals surface area contributed by atoms with Crippen molar-refractivity contribution in [3.63, 3.8) is 0 Å². The van der Waals surface area contributed by atoms with Crippen LogP contribution in [0.25, 0.3) is 0 Å². The minimum atomic E-state index is -4.52. The van der Waals surface area contributed by atoms with Crippen molar-refractivity contribution < 1.29 is 17.9 Å². The van der Waals surface area contributed by atoms with E-state index in [1.54, 1.807) is 19.1 Å². The second kappa shape index (κ2) is 5.50. The number of aryl methyl sites for hydroxylation is 1. The van der Waals surface area contributed by atoms with E-state index in [2.05, 4.69) is 4.98 Å². The van der Waals surface area contributed by atoms with Crippen molar-refractivity contribution in [3.8, 4) is 11.6 Å². The molecule has 1 aromatic heterocycles. The van der Waals surface area contributed by atoms with Crippen molar-refractivity contribution >= 4 is 23.2 Å². The normalized spacial score (nSPS) is 11.5. The molecule has 1 aromatic carbocycles. The summed E-state index contributed by atoms with van der Waals surface area (Å²) in [5, 5.41) is 0.109. The van der Waals surface area contributed by atoms with E-state index >= 15 is 0 Å². The van der Waals surface area contributed by atoms with Gasteiger partial charge in [0.2, 0.25) is 5.88 Å². The molecule has 1 heterocycles. The Morgan fingerprint density at radius 2 is 1.80 bits per heavy atom. The summed E-state index contributed by atoms with van der Waals surface area (Å²) in [7, 11) is 0. The second-order valence-corrected chi connectivity index (χ2v) is 4.85. The Kier molecular flexibility index (Phi) is 4.11. The number of rotatable bonds is 2. The smallest absolute Gasteiger partial charge is 0.416 e. The molecule has 20 heavy (non-hydrogen) atoms. The zero-order valence-electron chi connectivity index (χ0n) is 10.1. The molecule has 0 amide bonds. The van der Waals surface area contributed by atoms with Gasteiger partial charge in [-0.15, -0.1) is 0 Å². The number of aromatic nitrogens is 1. The number of nitrogens with zero attached hydrogens (tertiary/aromatic N) is 1. The molecule has 106 valence electrons. The highest BCUT2D eigenvalue weighted by molar-refractivity contribution is 6.30. The van der Waals surface area contributed by atoms with Crippen LogP contribution in [-0.4, -0.2) is 4.98 Å². The van der Waals surface area contributed by atoms with Gasteiger partial charge >= 0.3 is 6.18 Å². The first kappa shape index (κ1) is 14.9. The van der Waals surface area contributed by atoms with Gasteiger partial charge < -0.3 is 4.74 Å². The highest BCUT2D eigenvalue weighted by Crippen LogP contribution is 2.34. The highest BCUT2D eigenvalue weighted by Gasteiger charge is 2.31. The number of benzene rings is 1. The van der Waals surface area contributed by atoms with Gasteiger partial charge in [0.25, 0.3) is 0 Å². The highest BCUT2D eigenvalue weighted by atomic mass is 35.5. The Bertz CT molecular complexity index is 644. The molecule has 0 spiro atoms. The molecule has 2 nitrogen and oxygen atoms in total. The third kappa shape index (κ3) is 3.55. The number of halogens is 5. The standard InChI is InChI=1S/C13H8Cl2F3NO/c1-7-2-3-9(14)6-10(7)20-12-5-8(13(16,17)18)4-11(15)19-12/h2-6H,1H3. The Morgan fingerprint density at radius 3 is 2.45 bits per heavy atom. The van der Waals surface area contributed by atoms with Gasteiger partial charge in [0.1, 0.15) is 10.9 Å². The van der Waals surface area contributed by atoms with Gasteiger partial charge in [-0.2, -0.15) is 13.2 Å². The number of hydrogen-bond donors (Lipinski definition) is 0. The lowest BCUT2D eigenvalue weighted by Crippen LogP contribution is -2.06. The lowest BCUT2D eigenvalue weighted by Gasteiger charge is -2.11. The first-order chi connectivity index (χ1) is 9.25. The summed E-state index contributed by atoms with van der Waals surface area (Å²) in [6, 6.07) is 6.35. The number of hydrogen-bond acceptors (Lipinski definition) is 2. The fraction of sp³-hybridized carbons (Fsp3) is 0.154. The molecule has 2 aromatic rings. The van der Waals surface area contributed by atoms with Gasteiger partial charge in [0.05, 0.1) is 5.56 Å². The average Bonchev–Trinajstić information content (AvgIpc) is 2.32. The van der Waals surface area contributed by atoms with Gasteiger partial charge in [0.15, 0.2) is 0 Å². The maximum Gasteiger partial charge on any atom is 0.416 e. The van der Waals surface area contributed by atoms with Crippen LogP contribution in [0.3, 0.4) is 0 Å². The Labute approximate surface area is 123 Å². The van der Waals surface area contributed by atoms with Gasteiger partial charge in [-0.05, 0) is 30.7 Å². The predicted molar refractivity (Wildman–Crippen MR) is 70.5 cm³/mol. The summed E-state index contributed by atoms with van der Waals surface area (Å²) in [5.41, 5.74) is -0.211. The quantitative estimate of drug-likeness (QED) is 0.680. The summed E-state index contributed by atoms with van der Waals surface area (Å²) in [6.45, 7) is 1.74. The van der Waals surface area contributed by atoms with Crippen LogP contribution < -0.4 is 4.74 Å². The van der Waals surface area contributed by atoms with Crippen LogP contribution in [0.2, 0.25) is 10.2 Å². The van der Waals surface area contributed by atoms with Gasteiger partial charge in [-0.25, -0.2) is 4.98 Å². The molecule has 0 atom stereocenters. The van der Waals surface area contributed by atoms with Crippen LogP contribution in [0.1, 0.15) is 11.1 Å². The second-order valence-electron chi connectivity index (χ2n) is 4.03. The van der Waals surface area contributed by atoms with Crippen molar-refractivity contribution in [2.75, 3.05) is 0 Å². The number of ether oxygens (including phenoxy) is 1. The van der Waals surface area contributed by atoms with Crippen molar-refractivity contribution in [1.82, 2.24) is 4.98 Å². The van der Waals surface area contributed by atoms with E-state index in [1.165, 1.54) is 6.07 Å². The Balaban J connectivity index is 2.39. The van der Waals surface area contributed by atoms with Crippen LogP contribution in [-0.2, 0) is 6.18 Å². The molecule has 0 unspecified atom stereocenters. The van der Waals surface area contributed by atoms with Gasteiger partial charge in [-0.1, -0.05) is 29.3 Å². The molecule has 0 aliphatic rings. The molecule has 0 bridgehead atoms. The van der Waals surface area contributed by atoms with E-state index in [1.807, 2.05) is 0 Å². The lowest BCUT2D eigenvalue weighted by molar-refractivity contribution is -0.137. The summed E-state index contributed by atoms with van der Waals surface area (Å²) in [5.74, 6) is 0.0792. The Hall–Kier alpha value is -1.46. The monoisotopic (exact) mass is 321 g/mol. The molecular weight excluding hydrogens is 314 g/mol. The molecule has 0 saturated carbocycles. The predicted octanol–water partition coefficient (Wildman–Crippen LogP) is 5.51. The first-order valence-corrected chi connectivity index (χ1v) is 6.20. The minimum absolute atomic E-state index is 0.241. The van der Waals surface area contributed by atoms with Crippen molar-refractivity contribution in [2.24, 2.45) is 0 Å². The fourth-order valence-corrected chi connectivity index (χ4v) is 1.85. The molecule has 7 heteroatoms. The van der Waals surface area contributed by atoms with Crippen LogP contribution in [0, 0.1) is 6.92 Å². The summed E-state index contributed by atoms with van der Waals surface area (Å²) >= 11 is 11.4. The van der Waals surface area contributed by atoms with E-state index in [9.17, 15) is 13.2 Å².